The molecule has 5 heterocycles. The van der Waals surface area contributed by atoms with Gasteiger partial charge in [-0.25, -0.2) is 4.68 Å². The van der Waals surface area contributed by atoms with Crippen LogP contribution in [0.3, 0.4) is 0 Å². The number of carbonyl (C=O) groups is 1. The number of benzene rings is 1. The molecule has 1 aromatic carbocycles. The van der Waals surface area contributed by atoms with E-state index in [-0.39, 0.29) is 11.9 Å². The van der Waals surface area contributed by atoms with Crippen LogP contribution in [0.25, 0.3) is 16.7 Å². The second kappa shape index (κ2) is 8.80. The zero-order valence-electron chi connectivity index (χ0n) is 20.5. The normalized spacial score (nSPS) is 15.9. The number of nitrogens with two attached hydrogens (primary N) is 1. The highest BCUT2D eigenvalue weighted by atomic mass is 16.2. The van der Waals surface area contributed by atoms with E-state index < -0.39 is 0 Å². The molecule has 11 heteroatoms. The average molecular weight is 485 g/mol. The molecule has 36 heavy (non-hydrogen) atoms. The van der Waals surface area contributed by atoms with Crippen LogP contribution in [0.4, 0.5) is 17.3 Å². The van der Waals surface area contributed by atoms with Crippen LogP contribution >= 0.6 is 0 Å². The molecular weight excluding hydrogens is 456 g/mol. The van der Waals surface area contributed by atoms with E-state index in [1.807, 2.05) is 9.58 Å². The van der Waals surface area contributed by atoms with Crippen molar-refractivity contribution >= 4 is 39.9 Å². The molecular formula is C25H28N10O. The van der Waals surface area contributed by atoms with Gasteiger partial charge >= 0.3 is 0 Å². The van der Waals surface area contributed by atoms with Crippen LogP contribution in [0.15, 0.2) is 24.4 Å². The fourth-order valence-corrected chi connectivity index (χ4v) is 5.16. The minimum Gasteiger partial charge on any atom is -0.369 e. The second-order valence-corrected chi connectivity index (χ2v) is 9.18. The van der Waals surface area contributed by atoms with Crippen LogP contribution in [0.2, 0.25) is 0 Å². The van der Waals surface area contributed by atoms with Crippen molar-refractivity contribution < 1.29 is 4.79 Å². The maximum atomic E-state index is 11.8. The summed E-state index contributed by atoms with van der Waals surface area (Å²) >= 11 is 0. The lowest BCUT2D eigenvalue weighted by Gasteiger charge is -2.36. The van der Waals surface area contributed by atoms with Crippen molar-refractivity contribution in [2.24, 2.45) is 0 Å². The van der Waals surface area contributed by atoms with E-state index in [2.05, 4.69) is 60.0 Å². The molecule has 2 aliphatic rings. The van der Waals surface area contributed by atoms with E-state index in [1.54, 1.807) is 20.0 Å². The first-order valence-electron chi connectivity index (χ1n) is 12.2. The predicted molar refractivity (Wildman–Crippen MR) is 138 cm³/mol. The predicted octanol–water partition coefficient (Wildman–Crippen LogP) is 1.16. The monoisotopic (exact) mass is 484 g/mol. The van der Waals surface area contributed by atoms with Gasteiger partial charge in [-0.2, -0.15) is 19.6 Å². The highest BCUT2D eigenvalue weighted by Gasteiger charge is 2.24. The van der Waals surface area contributed by atoms with Gasteiger partial charge in [-0.15, -0.1) is 5.10 Å². The lowest BCUT2D eigenvalue weighted by molar-refractivity contribution is -0.116. The van der Waals surface area contributed by atoms with Crippen LogP contribution in [-0.4, -0.2) is 79.4 Å². The maximum Gasteiger partial charge on any atom is 0.226 e. The lowest BCUT2D eigenvalue weighted by Crippen LogP contribution is -2.47. The Hall–Kier alpha value is -4.17. The highest BCUT2D eigenvalue weighted by molar-refractivity contribution is 5.94. The molecule has 0 atom stereocenters. The molecule has 0 unspecified atom stereocenters. The summed E-state index contributed by atoms with van der Waals surface area (Å²) in [6, 6.07) is 6.49. The van der Waals surface area contributed by atoms with Crippen LogP contribution in [0, 0.1) is 11.8 Å². The molecule has 3 aromatic heterocycles. The quantitative estimate of drug-likeness (QED) is 0.430. The van der Waals surface area contributed by atoms with Gasteiger partial charge in [0, 0.05) is 57.6 Å². The van der Waals surface area contributed by atoms with E-state index in [0.29, 0.717) is 23.7 Å². The number of hydrogen-bond acceptors (Lipinski definition) is 8. The van der Waals surface area contributed by atoms with Gasteiger partial charge in [0.25, 0.3) is 0 Å². The summed E-state index contributed by atoms with van der Waals surface area (Å²) in [6.45, 7) is 9.60. The van der Waals surface area contributed by atoms with E-state index in [9.17, 15) is 4.79 Å². The number of carbonyl (C=O) groups excluding carboxylic acids is 1. The van der Waals surface area contributed by atoms with Crippen molar-refractivity contribution in [3.63, 3.8) is 0 Å². The number of piperazine rings is 1. The maximum absolute atomic E-state index is 11.8. The first-order valence-corrected chi connectivity index (χ1v) is 12.2. The lowest BCUT2D eigenvalue weighted by atomic mass is 10.1. The Morgan fingerprint density at radius 3 is 2.69 bits per heavy atom. The van der Waals surface area contributed by atoms with Gasteiger partial charge in [-0.05, 0) is 43.0 Å². The number of nitrogen functional groups attached to an aromatic ring is 1. The van der Waals surface area contributed by atoms with Crippen LogP contribution < -0.4 is 15.5 Å². The molecule has 2 N–H and O–H groups in total. The Balaban J connectivity index is 1.11. The van der Waals surface area contributed by atoms with Crippen molar-refractivity contribution in [3.8, 4) is 11.8 Å². The SMILES string of the molecule is CC#Cc1nc2c3cnn(CCN4CCN(c5ccc6c(c5)CCN6C(C)=O)CC4)c3nc(N)n2n1. The van der Waals surface area contributed by atoms with Gasteiger partial charge in [0.15, 0.2) is 11.3 Å². The number of aromatic nitrogens is 6. The molecule has 1 amide bonds. The van der Waals surface area contributed by atoms with E-state index in [0.717, 1.165) is 56.8 Å². The van der Waals surface area contributed by atoms with Crippen LogP contribution in [0.1, 0.15) is 25.2 Å². The van der Waals surface area contributed by atoms with Gasteiger partial charge in [0.2, 0.25) is 17.7 Å². The van der Waals surface area contributed by atoms with Crippen molar-refractivity contribution in [3.05, 3.63) is 35.8 Å². The van der Waals surface area contributed by atoms with E-state index in [4.69, 9.17) is 5.73 Å². The van der Waals surface area contributed by atoms with Crippen molar-refractivity contribution in [1.82, 2.24) is 34.3 Å². The van der Waals surface area contributed by atoms with Gasteiger partial charge in [0.1, 0.15) is 0 Å². The Morgan fingerprint density at radius 2 is 1.92 bits per heavy atom. The van der Waals surface area contributed by atoms with E-state index >= 15 is 0 Å². The number of amides is 1. The average Bonchev–Trinajstić information content (AvgIpc) is 3.60. The van der Waals surface area contributed by atoms with Crippen LogP contribution in [-0.2, 0) is 17.8 Å². The molecule has 0 aliphatic carbocycles. The molecule has 2 aliphatic heterocycles. The third kappa shape index (κ3) is 3.79. The Kier molecular flexibility index (Phi) is 5.45. The summed E-state index contributed by atoms with van der Waals surface area (Å²) in [5.41, 5.74) is 11.0. The third-order valence-electron chi connectivity index (χ3n) is 7.04. The molecule has 11 nitrogen and oxygen atoms in total. The largest absolute Gasteiger partial charge is 0.369 e. The topological polar surface area (TPSA) is 114 Å². The van der Waals surface area contributed by atoms with E-state index in [1.165, 1.54) is 15.8 Å². The second-order valence-electron chi connectivity index (χ2n) is 9.18. The van der Waals surface area contributed by atoms with Crippen molar-refractivity contribution in [2.75, 3.05) is 54.8 Å². The molecule has 1 fully saturated rings. The van der Waals surface area contributed by atoms with Gasteiger partial charge in [0.05, 0.1) is 18.1 Å². The number of anilines is 3. The molecule has 0 saturated carbocycles. The van der Waals surface area contributed by atoms with Crippen molar-refractivity contribution in [2.45, 2.75) is 26.8 Å². The molecule has 0 spiro atoms. The standard InChI is InChI=1S/C25H28N10O/c1-3-4-22-28-24-20-16-27-34(23(20)29-25(26)35(24)30-22)14-11-31-9-12-32(13-10-31)19-5-6-21-18(15-19)7-8-33(21)17(2)36/h5-6,15-16H,7-14H2,1-2H3,(H2,26,29). The zero-order valence-corrected chi connectivity index (χ0v) is 20.5. The molecule has 6 rings (SSSR count). The Labute approximate surface area is 208 Å². The first-order chi connectivity index (χ1) is 17.5. The summed E-state index contributed by atoms with van der Waals surface area (Å²) < 4.78 is 3.41. The third-order valence-corrected chi connectivity index (χ3v) is 7.04. The van der Waals surface area contributed by atoms with Crippen LogP contribution in [0.5, 0.6) is 0 Å². The number of rotatable bonds is 4. The zero-order chi connectivity index (χ0) is 24.8. The molecule has 4 aromatic rings. The van der Waals surface area contributed by atoms with Gasteiger partial charge in [-0.3, -0.25) is 9.69 Å². The number of nitrogens with zero attached hydrogens (tertiary/aromatic N) is 9. The fourth-order valence-electron chi connectivity index (χ4n) is 5.16. The van der Waals surface area contributed by atoms with Gasteiger partial charge in [-0.1, -0.05) is 5.92 Å². The van der Waals surface area contributed by atoms with Crippen molar-refractivity contribution in [1.29, 1.82) is 0 Å². The summed E-state index contributed by atoms with van der Waals surface area (Å²) in [7, 11) is 0. The highest BCUT2D eigenvalue weighted by Crippen LogP contribution is 2.32. The number of hydrogen-bond donors (Lipinski definition) is 1. The summed E-state index contributed by atoms with van der Waals surface area (Å²) in [6.07, 6.45) is 2.70. The summed E-state index contributed by atoms with van der Waals surface area (Å²) in [5.74, 6) is 6.48. The molecule has 0 bridgehead atoms. The Morgan fingerprint density at radius 1 is 1.08 bits per heavy atom. The minimum atomic E-state index is 0.111. The fraction of sp³-hybridized carbons (Fsp3) is 0.400. The number of fused-ring (bicyclic) bond motifs is 4. The minimum absolute atomic E-state index is 0.111. The summed E-state index contributed by atoms with van der Waals surface area (Å²) in [5, 5.41) is 9.69. The van der Waals surface area contributed by atoms with Gasteiger partial charge < -0.3 is 15.5 Å². The smallest absolute Gasteiger partial charge is 0.226 e. The Bertz CT molecular complexity index is 1530. The molecule has 0 radical (unpaired) electrons. The first kappa shape index (κ1) is 22.3. The molecule has 184 valence electrons. The molecule has 1 saturated heterocycles. The summed E-state index contributed by atoms with van der Waals surface area (Å²) in [4.78, 5) is 27.6.